The number of halogens is 1. The molecule has 0 aliphatic heterocycles. The van der Waals surface area contributed by atoms with E-state index in [-0.39, 0.29) is 5.43 Å². The molecule has 2 N–H and O–H groups in total. The van der Waals surface area contributed by atoms with Crippen molar-refractivity contribution in [2.75, 3.05) is 6.54 Å². The molecule has 1 heterocycles. The lowest BCUT2D eigenvalue weighted by Gasteiger charge is -2.36. The van der Waals surface area contributed by atoms with Gasteiger partial charge in [-0.15, -0.1) is 0 Å². The van der Waals surface area contributed by atoms with Gasteiger partial charge in [-0.1, -0.05) is 6.07 Å². The smallest absolute Gasteiger partial charge is 0.206 e. The van der Waals surface area contributed by atoms with E-state index in [4.69, 9.17) is 4.42 Å². The lowest BCUT2D eigenvalue weighted by molar-refractivity contribution is -0.0314. The van der Waals surface area contributed by atoms with Crippen molar-refractivity contribution in [3.05, 3.63) is 43.3 Å². The van der Waals surface area contributed by atoms with E-state index in [1.807, 2.05) is 41.6 Å². The summed E-state index contributed by atoms with van der Waals surface area (Å²) in [6, 6.07) is 3.91. The molecule has 0 radical (unpaired) electrons. The van der Waals surface area contributed by atoms with Crippen LogP contribution in [0.4, 0.5) is 0 Å². The number of hydrogen-bond donors (Lipinski definition) is 2. The van der Waals surface area contributed by atoms with Crippen molar-refractivity contribution in [2.45, 2.75) is 38.3 Å². The number of rotatable bonds is 4. The van der Waals surface area contributed by atoms with Crippen LogP contribution in [0, 0.1) is 10.5 Å². The van der Waals surface area contributed by atoms with E-state index >= 15 is 0 Å². The second kappa shape index (κ2) is 5.70. The van der Waals surface area contributed by atoms with Crippen molar-refractivity contribution in [2.24, 2.45) is 0 Å². The third-order valence-corrected chi connectivity index (χ3v) is 4.89. The minimum Gasteiger partial charge on any atom is -0.463 e. The fraction of sp³-hybridized carbons (Fsp3) is 0.438. The summed E-state index contributed by atoms with van der Waals surface area (Å²) in [6.45, 7) is 3.19. The fourth-order valence-corrected chi connectivity index (χ4v) is 3.19. The van der Waals surface area contributed by atoms with Crippen LogP contribution in [-0.4, -0.2) is 17.3 Å². The molecule has 0 atom stereocenters. The van der Waals surface area contributed by atoms with Gasteiger partial charge < -0.3 is 14.8 Å². The molecule has 0 saturated heterocycles. The molecule has 1 aliphatic carbocycles. The van der Waals surface area contributed by atoms with Gasteiger partial charge in [0.2, 0.25) is 5.43 Å². The Morgan fingerprint density at radius 2 is 2.19 bits per heavy atom. The molecule has 1 aliphatic rings. The van der Waals surface area contributed by atoms with Crippen LogP contribution in [0.1, 0.15) is 30.4 Å². The van der Waals surface area contributed by atoms with Gasteiger partial charge in [-0.25, -0.2) is 0 Å². The maximum atomic E-state index is 12.2. The third kappa shape index (κ3) is 3.00. The van der Waals surface area contributed by atoms with Gasteiger partial charge in [0.25, 0.3) is 0 Å². The Morgan fingerprint density at radius 3 is 2.86 bits per heavy atom. The summed E-state index contributed by atoms with van der Waals surface area (Å²) in [5, 5.41) is 14.0. The largest absolute Gasteiger partial charge is 0.463 e. The van der Waals surface area contributed by atoms with Crippen molar-refractivity contribution >= 4 is 33.6 Å². The molecule has 4 nitrogen and oxygen atoms in total. The molecule has 0 unspecified atom stereocenters. The van der Waals surface area contributed by atoms with Crippen LogP contribution in [-0.2, 0) is 6.54 Å². The van der Waals surface area contributed by atoms with Crippen molar-refractivity contribution in [3.63, 3.8) is 0 Å². The summed E-state index contributed by atoms with van der Waals surface area (Å²) in [5.41, 5.74) is 2.14. The summed E-state index contributed by atoms with van der Waals surface area (Å²) >= 11 is 1.99. The Balaban J connectivity index is 1.82. The van der Waals surface area contributed by atoms with Gasteiger partial charge in [0, 0.05) is 13.1 Å². The molecule has 2 aromatic rings. The van der Waals surface area contributed by atoms with E-state index in [0.29, 0.717) is 27.6 Å². The molecule has 1 aromatic carbocycles. The SMILES string of the molecule is Cc1cc(CNCC2(O)CCC2)cc2c(=O)c(I)coc12. The molecule has 1 fully saturated rings. The molecule has 0 spiro atoms. The van der Waals surface area contributed by atoms with E-state index in [9.17, 15) is 9.90 Å². The van der Waals surface area contributed by atoms with Crippen LogP contribution < -0.4 is 10.7 Å². The first-order valence-electron chi connectivity index (χ1n) is 7.12. The van der Waals surface area contributed by atoms with Crippen LogP contribution in [0.3, 0.4) is 0 Å². The highest BCUT2D eigenvalue weighted by atomic mass is 127. The zero-order valence-electron chi connectivity index (χ0n) is 11.9. The van der Waals surface area contributed by atoms with Gasteiger partial charge in [0.05, 0.1) is 14.6 Å². The number of nitrogens with one attached hydrogen (secondary N) is 1. The first-order valence-corrected chi connectivity index (χ1v) is 8.20. The number of hydrogen-bond acceptors (Lipinski definition) is 4. The highest BCUT2D eigenvalue weighted by Crippen LogP contribution is 2.30. The van der Waals surface area contributed by atoms with E-state index in [0.717, 1.165) is 30.4 Å². The van der Waals surface area contributed by atoms with Crippen molar-refractivity contribution in [1.82, 2.24) is 5.32 Å². The second-order valence-electron chi connectivity index (χ2n) is 5.88. The predicted octanol–water partition coefficient (Wildman–Crippen LogP) is 2.71. The van der Waals surface area contributed by atoms with Gasteiger partial charge in [-0.3, -0.25) is 4.79 Å². The Labute approximate surface area is 136 Å². The molecule has 0 bridgehead atoms. The molecule has 5 heteroatoms. The van der Waals surface area contributed by atoms with Crippen LogP contribution in [0.2, 0.25) is 0 Å². The van der Waals surface area contributed by atoms with Gasteiger partial charge in [-0.05, 0) is 66.0 Å². The van der Waals surface area contributed by atoms with E-state index in [2.05, 4.69) is 5.32 Å². The second-order valence-corrected chi connectivity index (χ2v) is 7.05. The van der Waals surface area contributed by atoms with Crippen molar-refractivity contribution < 1.29 is 9.52 Å². The average molecular weight is 399 g/mol. The van der Waals surface area contributed by atoms with E-state index in [1.165, 1.54) is 6.26 Å². The first-order chi connectivity index (χ1) is 9.98. The zero-order chi connectivity index (χ0) is 15.0. The van der Waals surface area contributed by atoms with Crippen molar-refractivity contribution in [1.29, 1.82) is 0 Å². The lowest BCUT2D eigenvalue weighted by atomic mass is 9.80. The van der Waals surface area contributed by atoms with Gasteiger partial charge in [0.1, 0.15) is 11.8 Å². The maximum absolute atomic E-state index is 12.2. The fourth-order valence-electron chi connectivity index (χ4n) is 2.77. The Kier molecular flexibility index (Phi) is 4.07. The monoisotopic (exact) mass is 399 g/mol. The van der Waals surface area contributed by atoms with Crippen LogP contribution >= 0.6 is 22.6 Å². The molecular formula is C16H18INO3. The topological polar surface area (TPSA) is 62.5 Å². The van der Waals surface area contributed by atoms with E-state index < -0.39 is 5.60 Å². The van der Waals surface area contributed by atoms with Crippen LogP contribution in [0.25, 0.3) is 11.0 Å². The predicted molar refractivity (Wildman–Crippen MR) is 90.4 cm³/mol. The van der Waals surface area contributed by atoms with Crippen LogP contribution in [0.5, 0.6) is 0 Å². The number of aryl methyl sites for hydroxylation is 1. The first kappa shape index (κ1) is 15.0. The van der Waals surface area contributed by atoms with Crippen molar-refractivity contribution in [3.8, 4) is 0 Å². The normalized spacial score (nSPS) is 16.9. The molecule has 21 heavy (non-hydrogen) atoms. The maximum Gasteiger partial charge on any atom is 0.206 e. The molecule has 112 valence electrons. The summed E-state index contributed by atoms with van der Waals surface area (Å²) in [6.07, 6.45) is 4.35. The Morgan fingerprint density at radius 1 is 1.43 bits per heavy atom. The molecule has 1 saturated carbocycles. The number of aliphatic hydroxyl groups is 1. The standard InChI is InChI=1S/C16H18INO3/c1-10-5-11(7-18-9-16(20)3-2-4-16)6-12-14(19)13(17)8-21-15(10)12/h5-6,8,18,20H,2-4,7,9H2,1H3. The average Bonchev–Trinajstić information content (AvgIpc) is 2.41. The molecule has 1 aromatic heterocycles. The number of fused-ring (bicyclic) bond motifs is 1. The van der Waals surface area contributed by atoms with E-state index in [1.54, 1.807) is 0 Å². The van der Waals surface area contributed by atoms with Gasteiger partial charge >= 0.3 is 0 Å². The highest BCUT2D eigenvalue weighted by Gasteiger charge is 2.33. The molecular weight excluding hydrogens is 381 g/mol. The van der Waals surface area contributed by atoms with Gasteiger partial charge in [0.15, 0.2) is 0 Å². The third-order valence-electron chi connectivity index (χ3n) is 4.14. The summed E-state index contributed by atoms with van der Waals surface area (Å²) < 4.78 is 6.12. The molecule has 0 amide bonds. The Hall–Kier alpha value is -0.920. The molecule has 3 rings (SSSR count). The summed E-state index contributed by atoms with van der Waals surface area (Å²) in [7, 11) is 0. The summed E-state index contributed by atoms with van der Waals surface area (Å²) in [4.78, 5) is 12.2. The lowest BCUT2D eigenvalue weighted by Crippen LogP contribution is -2.45. The quantitative estimate of drug-likeness (QED) is 0.777. The summed E-state index contributed by atoms with van der Waals surface area (Å²) in [5.74, 6) is 0. The van der Waals surface area contributed by atoms with Crippen LogP contribution in [0.15, 0.2) is 27.6 Å². The highest BCUT2D eigenvalue weighted by molar-refractivity contribution is 14.1. The number of benzene rings is 1. The minimum atomic E-state index is -0.527. The Bertz CT molecular complexity index is 734. The zero-order valence-corrected chi connectivity index (χ0v) is 14.1. The minimum absolute atomic E-state index is 0.0134. The van der Waals surface area contributed by atoms with Gasteiger partial charge in [-0.2, -0.15) is 0 Å².